The maximum absolute atomic E-state index is 13.9. The number of carbonyl (C=O) groups is 2. The van der Waals surface area contributed by atoms with Gasteiger partial charge in [0.2, 0.25) is 0 Å². The van der Waals surface area contributed by atoms with Gasteiger partial charge in [-0.05, 0) is 48.5 Å². The number of anilines is 2. The van der Waals surface area contributed by atoms with Gasteiger partial charge in [0.05, 0.1) is 23.5 Å². The third kappa shape index (κ3) is 5.52. The lowest BCUT2D eigenvalue weighted by Gasteiger charge is -2.16. The van der Waals surface area contributed by atoms with E-state index < -0.39 is 27.7 Å². The molecule has 172 valence electrons. The highest BCUT2D eigenvalue weighted by molar-refractivity contribution is 7.89. The van der Waals surface area contributed by atoms with Gasteiger partial charge in [0.1, 0.15) is 16.4 Å². The molecule has 0 aliphatic rings. The first-order valence-corrected chi connectivity index (χ1v) is 11.1. The summed E-state index contributed by atoms with van der Waals surface area (Å²) in [7, 11) is -1.81. The first kappa shape index (κ1) is 24.3. The van der Waals surface area contributed by atoms with E-state index in [2.05, 4.69) is 15.6 Å². The molecular weight excluding hydrogens is 475 g/mol. The Bertz CT molecular complexity index is 1310. The molecule has 9 nitrogen and oxygen atoms in total. The Morgan fingerprint density at radius 3 is 2.42 bits per heavy atom. The van der Waals surface area contributed by atoms with Crippen LogP contribution < -0.4 is 10.6 Å². The van der Waals surface area contributed by atoms with E-state index in [-0.39, 0.29) is 32.6 Å². The molecule has 0 fully saturated rings. The van der Waals surface area contributed by atoms with E-state index in [4.69, 9.17) is 16.4 Å². The fourth-order valence-corrected chi connectivity index (χ4v) is 4.16. The average molecular weight is 493 g/mol. The van der Waals surface area contributed by atoms with Gasteiger partial charge in [-0.2, -0.15) is 0 Å². The Balaban J connectivity index is 1.90. The third-order valence-corrected chi connectivity index (χ3v) is 6.60. The van der Waals surface area contributed by atoms with E-state index in [1.165, 1.54) is 37.5 Å². The smallest absolute Gasteiger partial charge is 0.274 e. The van der Waals surface area contributed by atoms with Crippen molar-refractivity contribution in [3.8, 4) is 0 Å². The van der Waals surface area contributed by atoms with Gasteiger partial charge in [-0.15, -0.1) is 0 Å². The molecule has 0 radical (unpaired) electrons. The molecule has 33 heavy (non-hydrogen) atoms. The summed E-state index contributed by atoms with van der Waals surface area (Å²) in [6.45, 7) is 0. The third-order valence-electron chi connectivity index (χ3n) is 4.44. The van der Waals surface area contributed by atoms with Crippen LogP contribution in [0.25, 0.3) is 0 Å². The lowest BCUT2D eigenvalue weighted by atomic mass is 10.2. The topological polar surface area (TPSA) is 118 Å². The molecule has 12 heteroatoms. The Morgan fingerprint density at radius 2 is 1.76 bits per heavy atom. The molecule has 0 bridgehead atoms. The Labute approximate surface area is 194 Å². The van der Waals surface area contributed by atoms with Crippen molar-refractivity contribution in [2.24, 2.45) is 0 Å². The highest BCUT2D eigenvalue weighted by atomic mass is 35.5. The number of nitrogens with one attached hydrogen (secondary N) is 2. The summed E-state index contributed by atoms with van der Waals surface area (Å²) < 4.78 is 39.6. The number of hydrogen-bond acceptors (Lipinski definition) is 6. The fourth-order valence-electron chi connectivity index (χ4n) is 2.69. The second-order valence-corrected chi connectivity index (χ2v) is 8.87. The Kier molecular flexibility index (Phi) is 7.39. The minimum atomic E-state index is -4.13. The van der Waals surface area contributed by atoms with E-state index in [9.17, 15) is 22.4 Å². The number of sulfonamides is 1. The zero-order chi connectivity index (χ0) is 24.2. The molecule has 3 aromatic rings. The number of aromatic nitrogens is 1. The van der Waals surface area contributed by atoms with E-state index >= 15 is 0 Å². The molecule has 0 saturated carbocycles. The maximum atomic E-state index is 13.9. The molecule has 0 unspecified atom stereocenters. The summed E-state index contributed by atoms with van der Waals surface area (Å²) in [6, 6.07) is 11.8. The van der Waals surface area contributed by atoms with Crippen LogP contribution in [0.2, 0.25) is 5.02 Å². The summed E-state index contributed by atoms with van der Waals surface area (Å²) in [5.41, 5.74) is 0.113. The zero-order valence-corrected chi connectivity index (χ0v) is 18.9. The number of carbonyl (C=O) groups excluding carboxylic acids is 2. The van der Waals surface area contributed by atoms with Crippen LogP contribution in [0.3, 0.4) is 0 Å². The predicted octanol–water partition coefficient (Wildman–Crippen LogP) is 3.56. The number of benzene rings is 2. The number of nitrogens with zero attached hydrogens (tertiary/aromatic N) is 2. The standard InChI is InChI=1S/C21H18ClFN4O5S/c1-27(32-2)33(30,31)19-11-13(6-8-15(19)22)20(28)26-18-12-14(23)7-9-16(18)25-21(29)17-5-3-4-10-24-17/h3-12H,1-2H3,(H,25,29)(H,26,28). The van der Waals surface area contributed by atoms with E-state index in [0.29, 0.717) is 4.47 Å². The van der Waals surface area contributed by atoms with Gasteiger partial charge in [-0.25, -0.2) is 12.8 Å². The van der Waals surface area contributed by atoms with Gasteiger partial charge in [-0.3, -0.25) is 19.4 Å². The van der Waals surface area contributed by atoms with Gasteiger partial charge in [-0.1, -0.05) is 22.1 Å². The minimum absolute atomic E-state index is 0.0438. The lowest BCUT2D eigenvalue weighted by Crippen LogP contribution is -2.26. The van der Waals surface area contributed by atoms with Crippen LogP contribution in [0.15, 0.2) is 65.7 Å². The van der Waals surface area contributed by atoms with Crippen molar-refractivity contribution in [1.29, 1.82) is 0 Å². The number of pyridine rings is 1. The first-order chi connectivity index (χ1) is 15.6. The number of hydrogen-bond donors (Lipinski definition) is 2. The monoisotopic (exact) mass is 492 g/mol. The Morgan fingerprint density at radius 1 is 1.03 bits per heavy atom. The summed E-state index contributed by atoms with van der Waals surface area (Å²) in [4.78, 5) is 33.5. The van der Waals surface area contributed by atoms with Crippen LogP contribution in [0, 0.1) is 5.82 Å². The quantitative estimate of drug-likeness (QED) is 0.487. The second kappa shape index (κ2) is 10.0. The van der Waals surface area contributed by atoms with Crippen molar-refractivity contribution < 1.29 is 27.2 Å². The van der Waals surface area contributed by atoms with E-state index in [0.717, 1.165) is 25.3 Å². The van der Waals surface area contributed by atoms with Gasteiger partial charge in [0, 0.05) is 18.8 Å². The SMILES string of the molecule is CON(C)S(=O)(=O)c1cc(C(=O)Nc2cc(F)ccc2NC(=O)c2ccccn2)ccc1Cl. The van der Waals surface area contributed by atoms with Crippen molar-refractivity contribution in [2.45, 2.75) is 4.90 Å². The highest BCUT2D eigenvalue weighted by Crippen LogP contribution is 2.27. The Hall–Kier alpha value is -3.38. The van der Waals surface area contributed by atoms with Crippen molar-refractivity contribution in [1.82, 2.24) is 9.45 Å². The van der Waals surface area contributed by atoms with Crippen LogP contribution in [0.1, 0.15) is 20.8 Å². The molecule has 0 aliphatic carbocycles. The molecule has 1 aromatic heterocycles. The molecule has 0 atom stereocenters. The largest absolute Gasteiger partial charge is 0.320 e. The van der Waals surface area contributed by atoms with Crippen LogP contribution >= 0.6 is 11.6 Å². The van der Waals surface area contributed by atoms with E-state index in [1.54, 1.807) is 12.1 Å². The van der Waals surface area contributed by atoms with Gasteiger partial charge in [0.25, 0.3) is 21.8 Å². The summed E-state index contributed by atoms with van der Waals surface area (Å²) in [5, 5.41) is 4.90. The second-order valence-electron chi connectivity index (χ2n) is 6.56. The molecule has 3 rings (SSSR count). The fraction of sp³-hybridized carbons (Fsp3) is 0.0952. The number of halogens is 2. The van der Waals surface area contributed by atoms with Gasteiger partial charge < -0.3 is 10.6 Å². The number of amides is 2. The molecular formula is C21H18ClFN4O5S. The zero-order valence-electron chi connectivity index (χ0n) is 17.4. The summed E-state index contributed by atoms with van der Waals surface area (Å²) in [5.74, 6) is -2.00. The maximum Gasteiger partial charge on any atom is 0.274 e. The van der Waals surface area contributed by atoms with Crippen molar-refractivity contribution >= 4 is 44.8 Å². The number of rotatable bonds is 7. The molecule has 0 aliphatic heterocycles. The predicted molar refractivity (Wildman–Crippen MR) is 120 cm³/mol. The van der Waals surface area contributed by atoms with Crippen molar-refractivity contribution in [2.75, 3.05) is 24.8 Å². The molecule has 0 saturated heterocycles. The van der Waals surface area contributed by atoms with E-state index in [1.807, 2.05) is 0 Å². The normalized spacial score (nSPS) is 11.3. The molecule has 2 aromatic carbocycles. The van der Waals surface area contributed by atoms with Crippen LogP contribution in [-0.4, -0.2) is 43.8 Å². The molecule has 0 spiro atoms. The first-order valence-electron chi connectivity index (χ1n) is 9.29. The van der Waals surface area contributed by atoms with Crippen LogP contribution in [0.5, 0.6) is 0 Å². The van der Waals surface area contributed by atoms with Crippen molar-refractivity contribution in [3.63, 3.8) is 0 Å². The van der Waals surface area contributed by atoms with Crippen LogP contribution in [0.4, 0.5) is 15.8 Å². The summed E-state index contributed by atoms with van der Waals surface area (Å²) in [6.07, 6.45) is 1.44. The van der Waals surface area contributed by atoms with Crippen LogP contribution in [-0.2, 0) is 14.9 Å². The molecule has 1 heterocycles. The minimum Gasteiger partial charge on any atom is -0.320 e. The lowest BCUT2D eigenvalue weighted by molar-refractivity contribution is -0.0258. The van der Waals surface area contributed by atoms with Crippen molar-refractivity contribution in [3.05, 3.63) is 82.9 Å². The molecule has 2 N–H and O–H groups in total. The number of hydroxylamine groups is 1. The van der Waals surface area contributed by atoms with Gasteiger partial charge in [0.15, 0.2) is 0 Å². The molecule has 2 amide bonds. The van der Waals surface area contributed by atoms with Gasteiger partial charge >= 0.3 is 0 Å². The highest BCUT2D eigenvalue weighted by Gasteiger charge is 2.25. The average Bonchev–Trinajstić information content (AvgIpc) is 2.80. The summed E-state index contributed by atoms with van der Waals surface area (Å²) >= 11 is 6.01.